The zero-order valence-corrected chi connectivity index (χ0v) is 11.3. The molecule has 0 aromatic heterocycles. The fraction of sp³-hybridized carbons (Fsp3) is 0.364. The highest BCUT2D eigenvalue weighted by Gasteiger charge is 2.31. The van der Waals surface area contributed by atoms with Crippen LogP contribution in [0, 0.1) is 5.92 Å². The molecule has 1 N–H and O–H groups in total. The largest absolute Gasteiger partial charge is 0.506 e. The lowest BCUT2D eigenvalue weighted by atomic mass is 10.1. The van der Waals surface area contributed by atoms with Gasteiger partial charge in [0.25, 0.3) is 0 Å². The molecule has 1 unspecified atom stereocenters. The first-order valence-corrected chi connectivity index (χ1v) is 6.27. The highest BCUT2D eigenvalue weighted by Crippen LogP contribution is 2.37. The summed E-state index contributed by atoms with van der Waals surface area (Å²) in [6, 6.07) is 2.75. The Labute approximate surface area is 119 Å². The van der Waals surface area contributed by atoms with Gasteiger partial charge in [-0.2, -0.15) is 0 Å². The molecule has 1 atom stereocenters. The monoisotopic (exact) mass is 300 g/mol. The molecule has 0 bridgehead atoms. The Balaban J connectivity index is 2.25. The molecule has 0 aliphatic carbocycles. The molecule has 1 fully saturated rings. The summed E-state index contributed by atoms with van der Waals surface area (Å²) >= 11 is 11.8. The van der Waals surface area contributed by atoms with Crippen molar-refractivity contribution < 1.29 is 9.90 Å². The van der Waals surface area contributed by atoms with E-state index >= 15 is 0 Å². The lowest BCUT2D eigenvalue weighted by molar-refractivity contribution is -0.117. The summed E-state index contributed by atoms with van der Waals surface area (Å²) in [4.78, 5) is 16.1. The second kappa shape index (κ2) is 5.57. The van der Waals surface area contributed by atoms with E-state index in [-0.39, 0.29) is 29.1 Å². The molecule has 0 saturated carbocycles. The normalized spacial score (nSPS) is 18.5. The van der Waals surface area contributed by atoms with Crippen molar-refractivity contribution in [3.05, 3.63) is 32.6 Å². The highest BCUT2D eigenvalue weighted by atomic mass is 35.5. The number of phenols is 1. The van der Waals surface area contributed by atoms with Gasteiger partial charge < -0.3 is 10.0 Å². The minimum Gasteiger partial charge on any atom is -0.506 e. The zero-order chi connectivity index (χ0) is 14.0. The minimum absolute atomic E-state index is 0.0442. The van der Waals surface area contributed by atoms with Gasteiger partial charge in [-0.05, 0) is 17.5 Å². The summed E-state index contributed by atoms with van der Waals surface area (Å²) in [5, 5.41) is 13.5. The topological polar surface area (TPSA) is 89.3 Å². The van der Waals surface area contributed by atoms with Gasteiger partial charge in [0, 0.05) is 30.5 Å². The summed E-state index contributed by atoms with van der Waals surface area (Å²) < 4.78 is 0. The first kappa shape index (κ1) is 13.8. The third-order valence-corrected chi connectivity index (χ3v) is 3.52. The van der Waals surface area contributed by atoms with E-state index in [1.807, 2.05) is 0 Å². The number of phenolic OH excluding ortho intramolecular Hbond substituents is 1. The molecule has 1 amide bonds. The van der Waals surface area contributed by atoms with Gasteiger partial charge >= 0.3 is 0 Å². The Hall–Kier alpha value is -1.62. The maximum Gasteiger partial charge on any atom is 0.227 e. The molecule has 0 radical (unpaired) electrons. The number of halogens is 2. The van der Waals surface area contributed by atoms with E-state index in [1.165, 1.54) is 17.0 Å². The molecular formula is C11H10Cl2N4O2. The van der Waals surface area contributed by atoms with E-state index < -0.39 is 0 Å². The molecule has 1 aromatic carbocycles. The number of nitrogens with zero attached hydrogens (tertiary/aromatic N) is 4. The molecule has 1 aromatic rings. The molecular weight excluding hydrogens is 291 g/mol. The molecule has 1 heterocycles. The maximum atomic E-state index is 11.9. The second-order valence-electron chi connectivity index (χ2n) is 4.24. The summed E-state index contributed by atoms with van der Waals surface area (Å²) in [7, 11) is 0. The van der Waals surface area contributed by atoms with Crippen LogP contribution in [-0.4, -0.2) is 24.1 Å². The van der Waals surface area contributed by atoms with Crippen molar-refractivity contribution >= 4 is 34.8 Å². The quantitative estimate of drug-likeness (QED) is 0.527. The predicted molar refractivity (Wildman–Crippen MR) is 72.6 cm³/mol. The summed E-state index contributed by atoms with van der Waals surface area (Å²) in [6.07, 6.45) is 0.290. The summed E-state index contributed by atoms with van der Waals surface area (Å²) in [6.45, 7) is 0.661. The number of hydrogen-bond donors (Lipinski definition) is 1. The van der Waals surface area contributed by atoms with Crippen LogP contribution < -0.4 is 4.90 Å². The Morgan fingerprint density at radius 3 is 2.89 bits per heavy atom. The first-order valence-electron chi connectivity index (χ1n) is 5.52. The van der Waals surface area contributed by atoms with E-state index in [1.54, 1.807) is 0 Å². The van der Waals surface area contributed by atoms with Gasteiger partial charge in [0.15, 0.2) is 0 Å². The van der Waals surface area contributed by atoms with E-state index in [9.17, 15) is 9.90 Å². The van der Waals surface area contributed by atoms with Crippen molar-refractivity contribution in [1.29, 1.82) is 0 Å². The number of benzene rings is 1. The number of rotatable bonds is 3. The minimum atomic E-state index is -0.132. The highest BCUT2D eigenvalue weighted by molar-refractivity contribution is 6.37. The lowest BCUT2D eigenvalue weighted by Gasteiger charge is -2.18. The Morgan fingerprint density at radius 2 is 2.21 bits per heavy atom. The van der Waals surface area contributed by atoms with E-state index in [2.05, 4.69) is 10.0 Å². The molecule has 0 spiro atoms. The number of aromatic hydroxyl groups is 1. The van der Waals surface area contributed by atoms with Crippen LogP contribution in [0.3, 0.4) is 0 Å². The Bertz CT molecular complexity index is 572. The van der Waals surface area contributed by atoms with Crippen LogP contribution in [0.25, 0.3) is 10.4 Å². The maximum absolute atomic E-state index is 11.9. The van der Waals surface area contributed by atoms with Crippen molar-refractivity contribution in [1.82, 2.24) is 0 Å². The third kappa shape index (κ3) is 2.87. The fourth-order valence-corrected chi connectivity index (χ4v) is 2.51. The van der Waals surface area contributed by atoms with Crippen LogP contribution in [0.1, 0.15) is 6.42 Å². The van der Waals surface area contributed by atoms with Crippen molar-refractivity contribution in [3.63, 3.8) is 0 Å². The molecule has 100 valence electrons. The SMILES string of the molecule is [N-]=[N+]=NCC1CC(=O)N(c2cc(O)c(Cl)cc2Cl)C1. The molecule has 1 aliphatic heterocycles. The Morgan fingerprint density at radius 1 is 1.47 bits per heavy atom. The number of carbonyl (C=O) groups excluding carboxylic acids is 1. The second-order valence-corrected chi connectivity index (χ2v) is 5.06. The van der Waals surface area contributed by atoms with E-state index in [0.717, 1.165) is 0 Å². The molecule has 6 nitrogen and oxygen atoms in total. The van der Waals surface area contributed by atoms with Crippen molar-refractivity contribution in [2.24, 2.45) is 11.0 Å². The van der Waals surface area contributed by atoms with Crippen LogP contribution >= 0.6 is 23.2 Å². The summed E-state index contributed by atoms with van der Waals surface area (Å²) in [5.41, 5.74) is 8.69. The van der Waals surface area contributed by atoms with Gasteiger partial charge in [0.2, 0.25) is 5.91 Å². The smallest absolute Gasteiger partial charge is 0.227 e. The molecule has 8 heteroatoms. The summed E-state index contributed by atoms with van der Waals surface area (Å²) in [5.74, 6) is -0.300. The fourth-order valence-electron chi connectivity index (χ4n) is 2.02. The van der Waals surface area contributed by atoms with Crippen LogP contribution in [-0.2, 0) is 4.79 Å². The standard InChI is InChI=1S/C11H10Cl2N4O2/c12-7-2-8(13)10(18)3-9(7)17-5-6(1-11(17)19)4-15-16-14/h2-3,6,18H,1,4-5H2. The molecule has 2 rings (SSSR count). The van der Waals surface area contributed by atoms with Crippen molar-refractivity contribution in [2.45, 2.75) is 6.42 Å². The van der Waals surface area contributed by atoms with E-state index in [4.69, 9.17) is 28.7 Å². The van der Waals surface area contributed by atoms with Crippen LogP contribution in [0.2, 0.25) is 10.0 Å². The van der Waals surface area contributed by atoms with Gasteiger partial charge in [0.1, 0.15) is 5.75 Å². The average Bonchev–Trinajstić information content (AvgIpc) is 2.72. The lowest BCUT2D eigenvalue weighted by Crippen LogP contribution is -2.25. The number of hydrogen-bond acceptors (Lipinski definition) is 3. The van der Waals surface area contributed by atoms with Gasteiger partial charge in [-0.25, -0.2) is 0 Å². The van der Waals surface area contributed by atoms with Gasteiger partial charge in [-0.15, -0.1) is 0 Å². The van der Waals surface area contributed by atoms with Crippen LogP contribution in [0.15, 0.2) is 17.2 Å². The molecule has 1 saturated heterocycles. The first-order chi connectivity index (χ1) is 9.02. The third-order valence-electron chi connectivity index (χ3n) is 2.92. The van der Waals surface area contributed by atoms with E-state index in [0.29, 0.717) is 23.7 Å². The van der Waals surface area contributed by atoms with Gasteiger partial charge in [-0.1, -0.05) is 28.3 Å². The number of azide groups is 1. The molecule has 19 heavy (non-hydrogen) atoms. The van der Waals surface area contributed by atoms with Gasteiger partial charge in [-0.3, -0.25) is 4.79 Å². The van der Waals surface area contributed by atoms with Crippen molar-refractivity contribution in [3.8, 4) is 5.75 Å². The van der Waals surface area contributed by atoms with Crippen LogP contribution in [0.5, 0.6) is 5.75 Å². The zero-order valence-electron chi connectivity index (χ0n) is 9.75. The Kier molecular flexibility index (Phi) is 4.04. The average molecular weight is 301 g/mol. The number of amides is 1. The number of carbonyl (C=O) groups is 1. The predicted octanol–water partition coefficient (Wildman–Crippen LogP) is 3.36. The van der Waals surface area contributed by atoms with Crippen LogP contribution in [0.4, 0.5) is 5.69 Å². The van der Waals surface area contributed by atoms with Gasteiger partial charge in [0.05, 0.1) is 15.7 Å². The van der Waals surface area contributed by atoms with Crippen molar-refractivity contribution in [2.75, 3.05) is 18.0 Å². The molecule has 1 aliphatic rings. The number of anilines is 1.